The Hall–Kier alpha value is -0.860. The first kappa shape index (κ1) is 9.23. The molecule has 0 aliphatic heterocycles. The van der Waals surface area contributed by atoms with E-state index in [1.807, 2.05) is 0 Å². The average molecular weight is 167 g/mol. The third-order valence-corrected chi connectivity index (χ3v) is 2.04. The number of aromatic nitrogens is 3. The van der Waals surface area contributed by atoms with Crippen molar-refractivity contribution in [2.45, 2.75) is 40.0 Å². The third-order valence-electron chi connectivity index (χ3n) is 2.04. The number of nitrogens with one attached hydrogen (secondary N) is 1. The van der Waals surface area contributed by atoms with Crippen molar-refractivity contribution >= 4 is 0 Å². The van der Waals surface area contributed by atoms with Crippen molar-refractivity contribution in [2.75, 3.05) is 0 Å². The molecule has 0 spiro atoms. The lowest BCUT2D eigenvalue weighted by Gasteiger charge is -2.21. The van der Waals surface area contributed by atoms with Crippen LogP contribution < -0.4 is 0 Å². The maximum atomic E-state index is 4.12. The third kappa shape index (κ3) is 2.64. The smallest absolute Gasteiger partial charge is 0.137 e. The Balaban J connectivity index is 2.50. The van der Waals surface area contributed by atoms with E-state index in [4.69, 9.17) is 0 Å². The summed E-state index contributed by atoms with van der Waals surface area (Å²) in [7, 11) is 0. The van der Waals surface area contributed by atoms with Gasteiger partial charge < -0.3 is 0 Å². The molecule has 1 aromatic rings. The monoisotopic (exact) mass is 167 g/mol. The van der Waals surface area contributed by atoms with Crippen LogP contribution in [-0.2, 0) is 6.42 Å². The van der Waals surface area contributed by atoms with E-state index >= 15 is 0 Å². The van der Waals surface area contributed by atoms with Gasteiger partial charge in [0.1, 0.15) is 12.2 Å². The first-order valence-electron chi connectivity index (χ1n) is 4.48. The molecule has 0 aliphatic rings. The minimum absolute atomic E-state index is 0.342. The zero-order valence-electron chi connectivity index (χ0n) is 8.09. The van der Waals surface area contributed by atoms with Gasteiger partial charge in [0, 0.05) is 6.42 Å². The predicted molar refractivity (Wildman–Crippen MR) is 48.8 cm³/mol. The summed E-state index contributed by atoms with van der Waals surface area (Å²) in [4.78, 5) is 4.12. The second-order valence-electron chi connectivity index (χ2n) is 4.02. The summed E-state index contributed by atoms with van der Waals surface area (Å²) in [5, 5.41) is 6.72. The molecule has 1 aromatic heterocycles. The number of rotatable bonds is 4. The molecule has 1 N–H and O–H groups in total. The largest absolute Gasteiger partial charge is 0.263 e. The highest BCUT2D eigenvalue weighted by Crippen LogP contribution is 2.25. The Morgan fingerprint density at radius 1 is 1.50 bits per heavy atom. The molecule has 0 fully saturated rings. The van der Waals surface area contributed by atoms with Crippen molar-refractivity contribution in [2.24, 2.45) is 5.41 Å². The lowest BCUT2D eigenvalue weighted by molar-refractivity contribution is 0.322. The summed E-state index contributed by atoms with van der Waals surface area (Å²) in [5.74, 6) is 0.994. The molecule has 3 heteroatoms. The Kier molecular flexibility index (Phi) is 2.84. The fourth-order valence-corrected chi connectivity index (χ4v) is 1.53. The van der Waals surface area contributed by atoms with Gasteiger partial charge in [0.15, 0.2) is 0 Å². The highest BCUT2D eigenvalue weighted by atomic mass is 15.2. The molecule has 0 bridgehead atoms. The topological polar surface area (TPSA) is 41.6 Å². The first-order valence-corrected chi connectivity index (χ1v) is 4.48. The maximum Gasteiger partial charge on any atom is 0.137 e. The van der Waals surface area contributed by atoms with Gasteiger partial charge >= 0.3 is 0 Å². The van der Waals surface area contributed by atoms with Crippen LogP contribution in [0.25, 0.3) is 0 Å². The standard InChI is InChI=1S/C9H17N3/c1-4-5-9(2,3)6-8-10-7-11-12-8/h7H,4-6H2,1-3H3,(H,10,11,12). The highest BCUT2D eigenvalue weighted by molar-refractivity contribution is 4.87. The van der Waals surface area contributed by atoms with Gasteiger partial charge in [-0.1, -0.05) is 27.2 Å². The Morgan fingerprint density at radius 2 is 2.25 bits per heavy atom. The summed E-state index contributed by atoms with van der Waals surface area (Å²) in [6.07, 6.45) is 5.01. The summed E-state index contributed by atoms with van der Waals surface area (Å²) in [5.41, 5.74) is 0.342. The van der Waals surface area contributed by atoms with Gasteiger partial charge in [0.2, 0.25) is 0 Å². The van der Waals surface area contributed by atoms with Crippen molar-refractivity contribution in [3.05, 3.63) is 12.2 Å². The Morgan fingerprint density at radius 3 is 2.75 bits per heavy atom. The SMILES string of the molecule is CCCC(C)(C)Cc1ncn[nH]1. The normalized spacial score (nSPS) is 11.9. The van der Waals surface area contributed by atoms with Crippen LogP contribution in [0.2, 0.25) is 0 Å². The molecule has 0 aromatic carbocycles. The Labute approximate surface area is 73.6 Å². The van der Waals surface area contributed by atoms with Crippen LogP contribution in [0.1, 0.15) is 39.4 Å². The van der Waals surface area contributed by atoms with Gasteiger partial charge in [-0.25, -0.2) is 4.98 Å². The highest BCUT2D eigenvalue weighted by Gasteiger charge is 2.18. The molecule has 0 aliphatic carbocycles. The van der Waals surface area contributed by atoms with Crippen LogP contribution in [0.5, 0.6) is 0 Å². The summed E-state index contributed by atoms with van der Waals surface area (Å²) in [6, 6.07) is 0. The van der Waals surface area contributed by atoms with E-state index in [1.54, 1.807) is 6.33 Å². The van der Waals surface area contributed by atoms with Crippen molar-refractivity contribution < 1.29 is 0 Å². The summed E-state index contributed by atoms with van der Waals surface area (Å²) < 4.78 is 0. The zero-order valence-corrected chi connectivity index (χ0v) is 8.09. The number of H-pyrrole nitrogens is 1. The van der Waals surface area contributed by atoms with Gasteiger partial charge in [-0.3, -0.25) is 5.10 Å². The fraction of sp³-hybridized carbons (Fsp3) is 0.778. The molecule has 0 radical (unpaired) electrons. The predicted octanol–water partition coefficient (Wildman–Crippen LogP) is 2.17. The van der Waals surface area contributed by atoms with E-state index in [9.17, 15) is 0 Å². The molecule has 0 unspecified atom stereocenters. The molecule has 3 nitrogen and oxygen atoms in total. The van der Waals surface area contributed by atoms with Crippen molar-refractivity contribution in [1.29, 1.82) is 0 Å². The van der Waals surface area contributed by atoms with Crippen molar-refractivity contribution in [3.8, 4) is 0 Å². The fourth-order valence-electron chi connectivity index (χ4n) is 1.53. The van der Waals surface area contributed by atoms with Gasteiger partial charge in [-0.05, 0) is 11.8 Å². The van der Waals surface area contributed by atoms with Crippen molar-refractivity contribution in [3.63, 3.8) is 0 Å². The summed E-state index contributed by atoms with van der Waals surface area (Å²) in [6.45, 7) is 6.74. The molecule has 68 valence electrons. The molecular weight excluding hydrogens is 150 g/mol. The number of hydrogen-bond acceptors (Lipinski definition) is 2. The van der Waals surface area contributed by atoms with E-state index < -0.39 is 0 Å². The van der Waals surface area contributed by atoms with Gasteiger partial charge in [-0.15, -0.1) is 0 Å². The van der Waals surface area contributed by atoms with Crippen LogP contribution in [0.15, 0.2) is 6.33 Å². The molecule has 0 atom stereocenters. The average Bonchev–Trinajstić information content (AvgIpc) is 2.38. The van der Waals surface area contributed by atoms with Crippen LogP contribution in [0.3, 0.4) is 0 Å². The molecular formula is C9H17N3. The number of hydrogen-bond donors (Lipinski definition) is 1. The molecule has 0 saturated heterocycles. The molecule has 1 rings (SSSR count). The lowest BCUT2D eigenvalue weighted by atomic mass is 9.84. The molecule has 0 saturated carbocycles. The minimum Gasteiger partial charge on any atom is -0.263 e. The Bertz CT molecular complexity index is 214. The maximum absolute atomic E-state index is 4.12. The van der Waals surface area contributed by atoms with E-state index in [1.165, 1.54) is 12.8 Å². The first-order chi connectivity index (χ1) is 5.64. The molecule has 1 heterocycles. The number of aromatic amines is 1. The number of nitrogens with zero attached hydrogens (tertiary/aromatic N) is 2. The van der Waals surface area contributed by atoms with E-state index in [-0.39, 0.29) is 0 Å². The quantitative estimate of drug-likeness (QED) is 0.746. The molecule has 12 heavy (non-hydrogen) atoms. The van der Waals surface area contributed by atoms with E-state index in [0.29, 0.717) is 5.41 Å². The molecule has 0 amide bonds. The second-order valence-corrected chi connectivity index (χ2v) is 4.02. The lowest BCUT2D eigenvalue weighted by Crippen LogP contribution is -2.15. The van der Waals surface area contributed by atoms with Crippen LogP contribution in [0, 0.1) is 5.41 Å². The van der Waals surface area contributed by atoms with E-state index in [2.05, 4.69) is 36.0 Å². The van der Waals surface area contributed by atoms with Gasteiger partial charge in [0.25, 0.3) is 0 Å². The second kappa shape index (κ2) is 3.70. The van der Waals surface area contributed by atoms with Crippen molar-refractivity contribution in [1.82, 2.24) is 15.2 Å². The zero-order chi connectivity index (χ0) is 9.03. The van der Waals surface area contributed by atoms with Crippen LogP contribution >= 0.6 is 0 Å². The summed E-state index contributed by atoms with van der Waals surface area (Å²) >= 11 is 0. The van der Waals surface area contributed by atoms with Gasteiger partial charge in [-0.2, -0.15) is 5.10 Å². The minimum atomic E-state index is 0.342. The van der Waals surface area contributed by atoms with Crippen LogP contribution in [-0.4, -0.2) is 15.2 Å². The van der Waals surface area contributed by atoms with Gasteiger partial charge in [0.05, 0.1) is 0 Å². The van der Waals surface area contributed by atoms with Crippen LogP contribution in [0.4, 0.5) is 0 Å². The van der Waals surface area contributed by atoms with E-state index in [0.717, 1.165) is 12.2 Å².